The molecule has 1 saturated heterocycles. The fourth-order valence-corrected chi connectivity index (χ4v) is 10.4. The Morgan fingerprint density at radius 2 is 0.867 bits per heavy atom. The summed E-state index contributed by atoms with van der Waals surface area (Å²) in [5, 5.41) is 57.2. The van der Waals surface area contributed by atoms with Gasteiger partial charge in [-0.3, -0.25) is 9.59 Å². The van der Waals surface area contributed by atoms with E-state index in [0.29, 0.717) is 12.8 Å². The first-order valence-corrected chi connectivity index (χ1v) is 34.4. The highest BCUT2D eigenvalue weighted by molar-refractivity contribution is 5.80. The first kappa shape index (κ1) is 77.9. The number of unbranched alkanes of at least 4 members (excludes halogenated alkanes) is 32. The van der Waals surface area contributed by atoms with Crippen molar-refractivity contribution >= 4 is 11.9 Å². The Labute approximate surface area is 508 Å². The number of rotatable bonds is 58. The van der Waals surface area contributed by atoms with Gasteiger partial charge in [-0.05, 0) is 96.3 Å². The molecule has 11 nitrogen and oxygen atoms in total. The van der Waals surface area contributed by atoms with Crippen molar-refractivity contribution in [1.82, 2.24) is 5.32 Å². The summed E-state index contributed by atoms with van der Waals surface area (Å²) in [5.74, 6) is -1.21. The number of allylic oxidation sites excluding steroid dienone is 13. The van der Waals surface area contributed by atoms with Gasteiger partial charge in [0.05, 0.1) is 25.4 Å². The fourth-order valence-electron chi connectivity index (χ4n) is 10.4. The lowest BCUT2D eigenvalue weighted by molar-refractivity contribution is -0.305. The van der Waals surface area contributed by atoms with E-state index >= 15 is 0 Å². The molecule has 1 fully saturated rings. The van der Waals surface area contributed by atoms with Crippen LogP contribution in [0, 0.1) is 0 Å². The average Bonchev–Trinajstić information content (AvgIpc) is 3.54. The molecular formula is C72H127NO10. The highest BCUT2D eigenvalue weighted by Crippen LogP contribution is 2.26. The van der Waals surface area contributed by atoms with Crippen LogP contribution in [0.25, 0.3) is 0 Å². The van der Waals surface area contributed by atoms with Gasteiger partial charge in [0.1, 0.15) is 24.4 Å². The predicted octanol–water partition coefficient (Wildman–Crippen LogP) is 17.3. The number of aliphatic hydroxyl groups is 5. The number of nitrogens with one attached hydrogen (secondary N) is 1. The van der Waals surface area contributed by atoms with Crippen molar-refractivity contribution in [3.05, 3.63) is 85.1 Å². The number of carbonyl (C=O) groups is 2. The molecular weight excluding hydrogens is 1040 g/mol. The third kappa shape index (κ3) is 46.7. The second kappa shape index (κ2) is 59.2. The van der Waals surface area contributed by atoms with Crippen LogP contribution in [0.2, 0.25) is 0 Å². The molecule has 480 valence electrons. The van der Waals surface area contributed by atoms with E-state index in [0.717, 1.165) is 96.3 Å². The fraction of sp³-hybridized carbons (Fsp3) is 0.778. The molecule has 0 aromatic rings. The Kier molecular flexibility index (Phi) is 55.5. The molecule has 1 rings (SSSR count). The topological polar surface area (TPSA) is 175 Å². The monoisotopic (exact) mass is 1170 g/mol. The van der Waals surface area contributed by atoms with Crippen LogP contribution >= 0.6 is 0 Å². The summed E-state index contributed by atoms with van der Waals surface area (Å²) in [7, 11) is 0. The first-order valence-electron chi connectivity index (χ1n) is 34.4. The predicted molar refractivity (Wildman–Crippen MR) is 347 cm³/mol. The van der Waals surface area contributed by atoms with Gasteiger partial charge >= 0.3 is 5.97 Å². The van der Waals surface area contributed by atoms with Crippen molar-refractivity contribution in [3.8, 4) is 0 Å². The number of amides is 1. The average molecular weight is 1170 g/mol. The largest absolute Gasteiger partial charge is 0.454 e. The number of ether oxygens (including phenoxy) is 3. The van der Waals surface area contributed by atoms with Gasteiger partial charge in [0.25, 0.3) is 0 Å². The Bertz CT molecular complexity index is 1670. The maximum Gasteiger partial charge on any atom is 0.306 e. The molecule has 1 amide bonds. The highest BCUT2D eigenvalue weighted by Gasteiger charge is 2.47. The zero-order chi connectivity index (χ0) is 60.3. The summed E-state index contributed by atoms with van der Waals surface area (Å²) in [5.41, 5.74) is 0. The van der Waals surface area contributed by atoms with E-state index in [1.807, 2.05) is 6.08 Å². The van der Waals surface area contributed by atoms with Crippen LogP contribution < -0.4 is 5.32 Å². The Hall–Kier alpha value is -3.16. The van der Waals surface area contributed by atoms with Gasteiger partial charge in [-0.15, -0.1) is 0 Å². The lowest BCUT2D eigenvalue weighted by Crippen LogP contribution is -2.61. The zero-order valence-corrected chi connectivity index (χ0v) is 53.3. The van der Waals surface area contributed by atoms with Gasteiger partial charge in [-0.1, -0.05) is 279 Å². The summed E-state index contributed by atoms with van der Waals surface area (Å²) in [6.45, 7) is 5.69. The maximum atomic E-state index is 13.5. The van der Waals surface area contributed by atoms with Crippen molar-refractivity contribution in [1.29, 1.82) is 0 Å². The van der Waals surface area contributed by atoms with Crippen LogP contribution in [-0.2, 0) is 23.8 Å². The number of hydrogen-bond acceptors (Lipinski definition) is 10. The van der Waals surface area contributed by atoms with E-state index in [2.05, 4.69) is 99.0 Å². The molecule has 0 aromatic heterocycles. The molecule has 8 unspecified atom stereocenters. The third-order valence-corrected chi connectivity index (χ3v) is 15.8. The quantitative estimate of drug-likeness (QED) is 0.0195. The van der Waals surface area contributed by atoms with Gasteiger partial charge in [-0.25, -0.2) is 0 Å². The van der Waals surface area contributed by atoms with Crippen molar-refractivity contribution < 1.29 is 49.3 Å². The molecule has 0 bridgehead atoms. The summed E-state index contributed by atoms with van der Waals surface area (Å²) >= 11 is 0. The Morgan fingerprint density at radius 1 is 0.482 bits per heavy atom. The smallest absolute Gasteiger partial charge is 0.306 e. The summed E-state index contributed by atoms with van der Waals surface area (Å²) in [6, 6.07) is -1.04. The number of esters is 1. The third-order valence-electron chi connectivity index (χ3n) is 15.8. The van der Waals surface area contributed by atoms with Gasteiger partial charge in [0, 0.05) is 6.42 Å². The van der Waals surface area contributed by atoms with Gasteiger partial charge in [-0.2, -0.15) is 0 Å². The van der Waals surface area contributed by atoms with E-state index in [-0.39, 0.29) is 19.4 Å². The van der Waals surface area contributed by atoms with Crippen molar-refractivity contribution in [3.63, 3.8) is 0 Å². The van der Waals surface area contributed by atoms with Crippen LogP contribution in [-0.4, -0.2) is 99.6 Å². The lowest BCUT2D eigenvalue weighted by Gasteiger charge is -2.41. The molecule has 0 aliphatic carbocycles. The molecule has 1 aliphatic rings. The van der Waals surface area contributed by atoms with E-state index in [1.54, 1.807) is 6.08 Å². The number of carbonyl (C=O) groups excluding carboxylic acids is 2. The minimum absolute atomic E-state index is 0.118. The normalized spacial score (nSPS) is 19.1. The second-order valence-electron chi connectivity index (χ2n) is 23.5. The molecule has 1 aliphatic heterocycles. The summed E-state index contributed by atoms with van der Waals surface area (Å²) in [6.07, 6.45) is 67.5. The van der Waals surface area contributed by atoms with E-state index in [1.165, 1.54) is 154 Å². The van der Waals surface area contributed by atoms with Gasteiger partial charge in [0.2, 0.25) is 5.91 Å². The Morgan fingerprint density at radius 3 is 1.31 bits per heavy atom. The van der Waals surface area contributed by atoms with E-state index in [4.69, 9.17) is 14.2 Å². The first-order chi connectivity index (χ1) is 40.7. The van der Waals surface area contributed by atoms with E-state index < -0.39 is 67.4 Å². The standard InChI is InChI=1S/C72H127NO10/c1-4-7-10-13-16-19-22-25-27-29-31-33-35-37-39-42-45-48-51-54-57-60-67(77)83-70-69(79)68(78)66(61-74)82-72(70)81-62-63(64(75)58-55-52-49-46-43-40-24-21-18-15-12-9-6-3)73-71(80)65(76)59-56-53-50-47-44-41-38-36-34-32-30-28-26-23-20-17-14-11-8-5-2/h8,11,17,20,25-28,32,34,38,41,55,58,63-66,68-70,72,74-76,78-79H,4-7,9-10,12-16,18-19,21-24,29-31,33,35-37,39-40,42-54,56-57,59-62H2,1-3H3,(H,73,80)/b11-8-,20-17-,27-25+,28-26-,34-32-,41-38-,58-55+. The van der Waals surface area contributed by atoms with Crippen LogP contribution in [0.1, 0.15) is 297 Å². The van der Waals surface area contributed by atoms with Crippen molar-refractivity contribution in [2.45, 2.75) is 346 Å². The van der Waals surface area contributed by atoms with Gasteiger partial charge in [0.15, 0.2) is 12.4 Å². The SMILES string of the molecule is CC/C=C\C/C=C\C/C=C\C/C=C\C/C=C\CCCCCCC(O)C(=O)NC(COC1OC(CO)C(O)C(O)C1OC(=O)CCCCCCCCCCCCC/C=C/CCCCCCCC)C(O)/C=C/CCCCCCCCCCCCC. The van der Waals surface area contributed by atoms with Gasteiger partial charge < -0.3 is 45.1 Å². The molecule has 0 spiro atoms. The lowest BCUT2D eigenvalue weighted by atomic mass is 9.99. The molecule has 0 saturated carbocycles. The minimum atomic E-state index is -1.62. The van der Waals surface area contributed by atoms with Crippen LogP contribution in [0.4, 0.5) is 0 Å². The molecule has 83 heavy (non-hydrogen) atoms. The number of aliphatic hydroxyl groups excluding tert-OH is 5. The molecule has 6 N–H and O–H groups in total. The van der Waals surface area contributed by atoms with Crippen molar-refractivity contribution in [2.24, 2.45) is 0 Å². The molecule has 1 heterocycles. The molecule has 8 atom stereocenters. The molecule has 0 radical (unpaired) electrons. The highest BCUT2D eigenvalue weighted by atomic mass is 16.7. The Balaban J connectivity index is 2.64. The van der Waals surface area contributed by atoms with Crippen molar-refractivity contribution in [2.75, 3.05) is 13.2 Å². The maximum absolute atomic E-state index is 13.5. The van der Waals surface area contributed by atoms with E-state index in [9.17, 15) is 35.1 Å². The zero-order valence-electron chi connectivity index (χ0n) is 53.3. The molecule has 0 aromatic carbocycles. The van der Waals surface area contributed by atoms with Crippen LogP contribution in [0.15, 0.2) is 85.1 Å². The second-order valence-corrected chi connectivity index (χ2v) is 23.5. The van der Waals surface area contributed by atoms with Crippen LogP contribution in [0.3, 0.4) is 0 Å². The summed E-state index contributed by atoms with van der Waals surface area (Å²) < 4.78 is 17.7. The van der Waals surface area contributed by atoms with Crippen LogP contribution in [0.5, 0.6) is 0 Å². The summed E-state index contributed by atoms with van der Waals surface area (Å²) in [4.78, 5) is 26.7. The number of hydrogen-bond donors (Lipinski definition) is 6. The minimum Gasteiger partial charge on any atom is -0.454 e. The molecule has 11 heteroatoms.